The van der Waals surface area contributed by atoms with Crippen LogP contribution in [-0.2, 0) is 14.3 Å². The highest BCUT2D eigenvalue weighted by Crippen LogP contribution is 2.22. The zero-order chi connectivity index (χ0) is 15.4. The minimum Gasteiger partial charge on any atom is -0.366 e. The van der Waals surface area contributed by atoms with E-state index in [1.54, 1.807) is 0 Å². The lowest BCUT2D eigenvalue weighted by molar-refractivity contribution is -0.147. The summed E-state index contributed by atoms with van der Waals surface area (Å²) in [6.07, 6.45) is 4.57. The van der Waals surface area contributed by atoms with Crippen LogP contribution in [0.2, 0.25) is 0 Å². The summed E-state index contributed by atoms with van der Waals surface area (Å²) in [6, 6.07) is 0. The second-order valence-electron chi connectivity index (χ2n) is 6.63. The van der Waals surface area contributed by atoms with Crippen molar-refractivity contribution in [2.24, 2.45) is 5.92 Å². The average Bonchev–Trinajstić information content (AvgIpc) is 2.58. The molecule has 7 heteroatoms. The van der Waals surface area contributed by atoms with Gasteiger partial charge in [-0.1, -0.05) is 0 Å². The van der Waals surface area contributed by atoms with Crippen molar-refractivity contribution in [2.75, 3.05) is 45.9 Å². The van der Waals surface area contributed by atoms with Crippen molar-refractivity contribution in [3.8, 4) is 0 Å². The lowest BCUT2D eigenvalue weighted by atomic mass is 9.95. The number of morpholine rings is 1. The maximum atomic E-state index is 12.4. The molecule has 0 spiro atoms. The molecule has 3 saturated heterocycles. The first-order valence-electron chi connectivity index (χ1n) is 8.63. The number of likely N-dealkylation sites (tertiary alicyclic amines) is 2. The Hall–Kier alpha value is -0.850. The van der Waals surface area contributed by atoms with Crippen LogP contribution < -0.4 is 5.32 Å². The maximum Gasteiger partial charge on any atom is 0.253 e. The summed E-state index contributed by atoms with van der Waals surface area (Å²) in [4.78, 5) is 28.2. The van der Waals surface area contributed by atoms with Gasteiger partial charge in [0.25, 0.3) is 5.91 Å². The maximum absolute atomic E-state index is 12.4. The van der Waals surface area contributed by atoms with Gasteiger partial charge in [0, 0.05) is 45.7 Å². The van der Waals surface area contributed by atoms with Crippen LogP contribution in [0.4, 0.5) is 0 Å². The molecule has 23 heavy (non-hydrogen) atoms. The largest absolute Gasteiger partial charge is 0.366 e. The summed E-state index contributed by atoms with van der Waals surface area (Å²) in [5.74, 6) is 0.975. The monoisotopic (exact) mass is 345 g/mol. The van der Waals surface area contributed by atoms with Gasteiger partial charge < -0.3 is 19.9 Å². The Morgan fingerprint density at radius 3 is 2.65 bits per heavy atom. The second kappa shape index (κ2) is 8.85. The number of carbonyl (C=O) groups is 2. The van der Waals surface area contributed by atoms with Crippen LogP contribution in [-0.4, -0.2) is 73.6 Å². The number of halogens is 1. The molecule has 3 heterocycles. The minimum atomic E-state index is -0.311. The van der Waals surface area contributed by atoms with E-state index in [1.165, 1.54) is 0 Å². The predicted octanol–water partition coefficient (Wildman–Crippen LogP) is 0.648. The molecule has 1 unspecified atom stereocenters. The number of piperidine rings is 2. The van der Waals surface area contributed by atoms with E-state index in [0.717, 1.165) is 58.4 Å². The first kappa shape index (κ1) is 18.5. The third kappa shape index (κ3) is 4.81. The topological polar surface area (TPSA) is 61.9 Å². The second-order valence-corrected chi connectivity index (χ2v) is 6.63. The minimum absolute atomic E-state index is 0. The third-order valence-electron chi connectivity index (χ3n) is 5.03. The summed E-state index contributed by atoms with van der Waals surface area (Å²) in [7, 11) is 0. The van der Waals surface area contributed by atoms with Crippen molar-refractivity contribution in [1.29, 1.82) is 0 Å². The fourth-order valence-corrected chi connectivity index (χ4v) is 3.63. The molecule has 3 rings (SSSR count). The van der Waals surface area contributed by atoms with Crippen molar-refractivity contribution in [2.45, 2.75) is 38.2 Å². The van der Waals surface area contributed by atoms with E-state index in [-0.39, 0.29) is 24.4 Å². The Bertz CT molecular complexity index is 407. The number of amides is 2. The van der Waals surface area contributed by atoms with Gasteiger partial charge in [-0.2, -0.15) is 0 Å². The molecule has 0 bridgehead atoms. The molecule has 0 saturated carbocycles. The van der Waals surface area contributed by atoms with Crippen molar-refractivity contribution < 1.29 is 14.3 Å². The number of nitrogens with zero attached hydrogens (tertiary/aromatic N) is 2. The van der Waals surface area contributed by atoms with E-state index in [0.29, 0.717) is 31.4 Å². The third-order valence-corrected chi connectivity index (χ3v) is 5.03. The van der Waals surface area contributed by atoms with Crippen molar-refractivity contribution in [3.05, 3.63) is 0 Å². The Labute approximate surface area is 144 Å². The fourth-order valence-electron chi connectivity index (χ4n) is 3.63. The molecule has 2 amide bonds. The molecule has 3 aliphatic heterocycles. The highest BCUT2D eigenvalue weighted by molar-refractivity contribution is 5.85. The summed E-state index contributed by atoms with van der Waals surface area (Å²) in [5, 5.41) is 3.21. The van der Waals surface area contributed by atoms with Crippen LogP contribution in [0, 0.1) is 5.92 Å². The van der Waals surface area contributed by atoms with Crippen LogP contribution in [0.1, 0.15) is 32.1 Å². The zero-order valence-electron chi connectivity index (χ0n) is 13.7. The molecule has 1 atom stereocenters. The Morgan fingerprint density at radius 1 is 1.22 bits per heavy atom. The van der Waals surface area contributed by atoms with Gasteiger partial charge in [-0.25, -0.2) is 0 Å². The number of hydrogen-bond donors (Lipinski definition) is 1. The molecule has 0 aromatic carbocycles. The quantitative estimate of drug-likeness (QED) is 0.815. The van der Waals surface area contributed by atoms with Gasteiger partial charge in [0.05, 0.1) is 6.61 Å². The van der Waals surface area contributed by atoms with Crippen molar-refractivity contribution in [1.82, 2.24) is 15.1 Å². The fraction of sp³-hybridized carbons (Fsp3) is 0.875. The molecular weight excluding hydrogens is 318 g/mol. The van der Waals surface area contributed by atoms with Crippen LogP contribution in [0.3, 0.4) is 0 Å². The number of rotatable bonds is 3. The first-order chi connectivity index (χ1) is 10.7. The van der Waals surface area contributed by atoms with E-state index in [4.69, 9.17) is 4.74 Å². The van der Waals surface area contributed by atoms with Crippen LogP contribution in [0.25, 0.3) is 0 Å². The smallest absolute Gasteiger partial charge is 0.253 e. The van der Waals surface area contributed by atoms with E-state index in [9.17, 15) is 9.59 Å². The SMILES string of the molecule is Cl.O=C1CCCCN1CC1CCN(C(=O)C2CNCCO2)CC1. The van der Waals surface area contributed by atoms with Crippen LogP contribution in [0.5, 0.6) is 0 Å². The van der Waals surface area contributed by atoms with E-state index in [1.807, 2.05) is 9.80 Å². The lowest BCUT2D eigenvalue weighted by Crippen LogP contribution is -2.52. The molecule has 0 aliphatic carbocycles. The Morgan fingerprint density at radius 2 is 2.00 bits per heavy atom. The Balaban J connectivity index is 0.00000192. The van der Waals surface area contributed by atoms with Gasteiger partial charge in [0.1, 0.15) is 6.10 Å². The molecule has 0 radical (unpaired) electrons. The molecule has 0 aromatic rings. The molecule has 0 aromatic heterocycles. The van der Waals surface area contributed by atoms with Gasteiger partial charge in [0.15, 0.2) is 0 Å². The van der Waals surface area contributed by atoms with Gasteiger partial charge in [0.2, 0.25) is 5.91 Å². The molecule has 1 N–H and O–H groups in total. The van der Waals surface area contributed by atoms with Crippen LogP contribution in [0.15, 0.2) is 0 Å². The summed E-state index contributed by atoms with van der Waals surface area (Å²) in [5.41, 5.74) is 0. The highest BCUT2D eigenvalue weighted by atomic mass is 35.5. The molecule has 6 nitrogen and oxygen atoms in total. The average molecular weight is 346 g/mol. The normalized spacial score (nSPS) is 26.8. The van der Waals surface area contributed by atoms with E-state index in [2.05, 4.69) is 5.32 Å². The highest BCUT2D eigenvalue weighted by Gasteiger charge is 2.31. The van der Waals surface area contributed by atoms with Crippen molar-refractivity contribution >= 4 is 24.2 Å². The number of carbonyl (C=O) groups excluding carboxylic acids is 2. The molecular formula is C16H28ClN3O3. The first-order valence-corrected chi connectivity index (χ1v) is 8.63. The van der Waals surface area contributed by atoms with Gasteiger partial charge in [-0.15, -0.1) is 12.4 Å². The molecule has 132 valence electrons. The number of hydrogen-bond acceptors (Lipinski definition) is 4. The van der Waals surface area contributed by atoms with Crippen LogP contribution >= 0.6 is 12.4 Å². The molecule has 3 aliphatic rings. The lowest BCUT2D eigenvalue weighted by Gasteiger charge is -2.37. The standard InChI is InChI=1S/C16H27N3O3.ClH/c20-15-3-1-2-7-19(15)12-13-4-8-18(9-5-13)16(21)14-11-17-6-10-22-14;/h13-14,17H,1-12H2;1H. The summed E-state index contributed by atoms with van der Waals surface area (Å²) in [6.45, 7) is 5.46. The molecule has 3 fully saturated rings. The van der Waals surface area contributed by atoms with Gasteiger partial charge in [-0.3, -0.25) is 9.59 Å². The predicted molar refractivity (Wildman–Crippen MR) is 89.6 cm³/mol. The summed E-state index contributed by atoms with van der Waals surface area (Å²) >= 11 is 0. The van der Waals surface area contributed by atoms with E-state index < -0.39 is 0 Å². The van der Waals surface area contributed by atoms with Gasteiger partial charge in [-0.05, 0) is 31.6 Å². The number of nitrogens with one attached hydrogen (secondary N) is 1. The Kier molecular flexibility index (Phi) is 7.11. The summed E-state index contributed by atoms with van der Waals surface area (Å²) < 4.78 is 5.55. The number of ether oxygens (including phenoxy) is 1. The zero-order valence-corrected chi connectivity index (χ0v) is 14.5. The van der Waals surface area contributed by atoms with Crippen molar-refractivity contribution in [3.63, 3.8) is 0 Å². The van der Waals surface area contributed by atoms with E-state index >= 15 is 0 Å². The van der Waals surface area contributed by atoms with Gasteiger partial charge >= 0.3 is 0 Å².